The first-order chi connectivity index (χ1) is 10.9. The summed E-state index contributed by atoms with van der Waals surface area (Å²) in [6.07, 6.45) is -1.72. The normalized spacial score (nSPS) is 10.4. The second kappa shape index (κ2) is 7.32. The average Bonchev–Trinajstić information content (AvgIpc) is 2.89. The third kappa shape index (κ3) is 4.35. The number of thiazole rings is 1. The maximum Gasteiger partial charge on any atom is 0.350 e. The first kappa shape index (κ1) is 17.1. The Hall–Kier alpha value is -2.28. The van der Waals surface area contributed by atoms with E-state index in [9.17, 15) is 13.6 Å². The number of carbonyl (C=O) groups is 1. The number of aryl methyl sites for hydroxylation is 1. The van der Waals surface area contributed by atoms with Crippen molar-refractivity contribution in [2.75, 3.05) is 12.3 Å². The van der Waals surface area contributed by atoms with E-state index >= 15 is 0 Å². The van der Waals surface area contributed by atoms with E-state index in [0.717, 1.165) is 5.56 Å². The maximum atomic E-state index is 12.3. The number of nitrogens with zero attached hydrogens (tertiary/aromatic N) is 1. The lowest BCUT2D eigenvalue weighted by Crippen LogP contribution is -2.06. The smallest absolute Gasteiger partial charge is 0.350 e. The summed E-state index contributed by atoms with van der Waals surface area (Å²) in [5.74, 6) is -0.547. The summed E-state index contributed by atoms with van der Waals surface area (Å²) in [6, 6.07) is 7.15. The van der Waals surface area contributed by atoms with E-state index in [1.165, 1.54) is 18.3 Å². The summed E-state index contributed by atoms with van der Waals surface area (Å²) in [7, 11) is 0. The van der Waals surface area contributed by atoms with E-state index in [-0.39, 0.29) is 18.6 Å². The summed E-state index contributed by atoms with van der Waals surface area (Å²) in [5, 5.41) is 0.681. The number of nitrogen functional groups attached to an aromatic ring is 1. The van der Waals surface area contributed by atoms with E-state index < -0.39 is 12.0 Å². The Morgan fingerprint density at radius 2 is 1.96 bits per heavy atom. The molecule has 1 aromatic carbocycles. The highest BCUT2D eigenvalue weighted by Gasteiger charge is 2.17. The SMILES string of the molecule is CC(CCOC(=O)c1sc(-c2ccc(N)cc2)nc1C)=C(F)F. The van der Waals surface area contributed by atoms with Crippen LogP contribution in [-0.2, 0) is 4.74 Å². The van der Waals surface area contributed by atoms with Crippen LogP contribution < -0.4 is 5.73 Å². The van der Waals surface area contributed by atoms with Crippen LogP contribution >= 0.6 is 11.3 Å². The fraction of sp³-hybridized carbons (Fsp3) is 0.250. The molecule has 0 aliphatic carbocycles. The third-order valence-electron chi connectivity index (χ3n) is 3.17. The molecular formula is C16H16F2N2O2S. The number of rotatable bonds is 5. The number of hydrogen-bond acceptors (Lipinski definition) is 5. The molecule has 0 bridgehead atoms. The van der Waals surface area contributed by atoms with Gasteiger partial charge in [0, 0.05) is 17.7 Å². The first-order valence-electron chi connectivity index (χ1n) is 6.89. The van der Waals surface area contributed by atoms with Gasteiger partial charge in [-0.25, -0.2) is 9.78 Å². The predicted molar refractivity (Wildman–Crippen MR) is 86.5 cm³/mol. The molecule has 0 unspecified atom stereocenters. The average molecular weight is 338 g/mol. The fourth-order valence-corrected chi connectivity index (χ4v) is 2.76. The lowest BCUT2D eigenvalue weighted by Gasteiger charge is -2.03. The van der Waals surface area contributed by atoms with E-state index in [2.05, 4.69) is 4.98 Å². The monoisotopic (exact) mass is 338 g/mol. The van der Waals surface area contributed by atoms with Gasteiger partial charge in [0.15, 0.2) is 0 Å². The summed E-state index contributed by atoms with van der Waals surface area (Å²) in [4.78, 5) is 16.8. The van der Waals surface area contributed by atoms with Crippen LogP contribution in [0.2, 0.25) is 0 Å². The topological polar surface area (TPSA) is 65.2 Å². The highest BCUT2D eigenvalue weighted by Crippen LogP contribution is 2.29. The van der Waals surface area contributed by atoms with Crippen LogP contribution in [0, 0.1) is 6.92 Å². The van der Waals surface area contributed by atoms with E-state index in [1.807, 2.05) is 12.1 Å². The standard InChI is InChI=1S/C16H16F2N2O2S/c1-9(14(17)18)7-8-22-16(21)13-10(2)20-15(23-13)11-3-5-12(19)6-4-11/h3-6H,7-8,19H2,1-2H3. The van der Waals surface area contributed by atoms with Gasteiger partial charge in [-0.3, -0.25) is 0 Å². The molecule has 23 heavy (non-hydrogen) atoms. The number of ether oxygens (including phenoxy) is 1. The summed E-state index contributed by atoms with van der Waals surface area (Å²) in [6.45, 7) is 2.93. The molecule has 2 aromatic rings. The Balaban J connectivity index is 2.07. The molecular weight excluding hydrogens is 322 g/mol. The maximum absolute atomic E-state index is 12.3. The number of halogens is 2. The molecule has 4 nitrogen and oxygen atoms in total. The van der Waals surface area contributed by atoms with Gasteiger partial charge in [0.2, 0.25) is 0 Å². The molecule has 0 saturated carbocycles. The lowest BCUT2D eigenvalue weighted by atomic mass is 10.2. The quantitative estimate of drug-likeness (QED) is 0.647. The predicted octanol–water partition coefficient (Wildman–Crippen LogP) is 4.42. The highest BCUT2D eigenvalue weighted by atomic mass is 32.1. The number of aromatic nitrogens is 1. The Bertz CT molecular complexity index is 735. The molecule has 0 atom stereocenters. The van der Waals surface area contributed by atoms with Crippen molar-refractivity contribution in [1.29, 1.82) is 0 Å². The van der Waals surface area contributed by atoms with Crippen LogP contribution in [0.25, 0.3) is 10.6 Å². The van der Waals surface area contributed by atoms with E-state index in [4.69, 9.17) is 10.5 Å². The molecule has 0 aliphatic heterocycles. The molecule has 0 radical (unpaired) electrons. The summed E-state index contributed by atoms with van der Waals surface area (Å²) < 4.78 is 29.6. The van der Waals surface area contributed by atoms with E-state index in [0.29, 0.717) is 21.3 Å². The molecule has 122 valence electrons. The van der Waals surface area contributed by atoms with Gasteiger partial charge in [0.05, 0.1) is 12.3 Å². The third-order valence-corrected chi connectivity index (χ3v) is 4.36. The zero-order valence-electron chi connectivity index (χ0n) is 12.7. The van der Waals surface area contributed by atoms with Gasteiger partial charge in [0.25, 0.3) is 6.08 Å². The number of esters is 1. The van der Waals surface area contributed by atoms with Gasteiger partial charge in [-0.15, -0.1) is 11.3 Å². The van der Waals surface area contributed by atoms with Gasteiger partial charge in [0.1, 0.15) is 9.88 Å². The molecule has 2 N–H and O–H groups in total. The van der Waals surface area contributed by atoms with Crippen molar-refractivity contribution in [3.63, 3.8) is 0 Å². The minimum absolute atomic E-state index is 0.0107. The molecule has 0 amide bonds. The summed E-state index contributed by atoms with van der Waals surface area (Å²) >= 11 is 1.21. The second-order valence-electron chi connectivity index (χ2n) is 4.98. The molecule has 1 aromatic heterocycles. The molecule has 0 fully saturated rings. The minimum Gasteiger partial charge on any atom is -0.461 e. The van der Waals surface area contributed by atoms with Gasteiger partial charge in [-0.1, -0.05) is 0 Å². The fourth-order valence-electron chi connectivity index (χ4n) is 1.79. The van der Waals surface area contributed by atoms with Crippen LogP contribution in [0.3, 0.4) is 0 Å². The zero-order valence-corrected chi connectivity index (χ0v) is 13.5. The Kier molecular flexibility index (Phi) is 5.44. The van der Waals surface area contributed by atoms with Crippen LogP contribution in [0.4, 0.5) is 14.5 Å². The van der Waals surface area contributed by atoms with Crippen LogP contribution in [-0.4, -0.2) is 17.6 Å². The van der Waals surface area contributed by atoms with Crippen LogP contribution in [0.5, 0.6) is 0 Å². The Labute approximate surface area is 136 Å². The Morgan fingerprint density at radius 1 is 1.30 bits per heavy atom. The van der Waals surface area contributed by atoms with E-state index in [1.54, 1.807) is 19.1 Å². The molecule has 0 spiro atoms. The van der Waals surface area contributed by atoms with Crippen molar-refractivity contribution in [2.24, 2.45) is 0 Å². The Morgan fingerprint density at radius 3 is 2.57 bits per heavy atom. The number of carbonyl (C=O) groups excluding carboxylic acids is 1. The van der Waals surface area contributed by atoms with Crippen molar-refractivity contribution in [3.8, 4) is 10.6 Å². The van der Waals surface area contributed by atoms with Gasteiger partial charge in [-0.05, 0) is 43.7 Å². The van der Waals surface area contributed by atoms with Crippen molar-refractivity contribution >= 4 is 23.0 Å². The number of benzene rings is 1. The summed E-state index contributed by atoms with van der Waals surface area (Å²) in [5.41, 5.74) is 7.61. The van der Waals surface area contributed by atoms with Crippen molar-refractivity contribution < 1.29 is 18.3 Å². The van der Waals surface area contributed by atoms with Gasteiger partial charge >= 0.3 is 5.97 Å². The minimum atomic E-state index is -1.74. The van der Waals surface area contributed by atoms with Crippen molar-refractivity contribution in [1.82, 2.24) is 4.98 Å². The zero-order chi connectivity index (χ0) is 17.0. The van der Waals surface area contributed by atoms with Crippen molar-refractivity contribution in [3.05, 3.63) is 46.5 Å². The lowest BCUT2D eigenvalue weighted by molar-refractivity contribution is 0.0512. The molecule has 0 saturated heterocycles. The second-order valence-corrected chi connectivity index (χ2v) is 5.98. The van der Waals surface area contributed by atoms with Gasteiger partial charge in [-0.2, -0.15) is 8.78 Å². The molecule has 7 heteroatoms. The van der Waals surface area contributed by atoms with Gasteiger partial charge < -0.3 is 10.5 Å². The van der Waals surface area contributed by atoms with Crippen molar-refractivity contribution in [2.45, 2.75) is 20.3 Å². The van der Waals surface area contributed by atoms with Crippen LogP contribution in [0.1, 0.15) is 28.7 Å². The molecule has 2 rings (SSSR count). The highest BCUT2D eigenvalue weighted by molar-refractivity contribution is 7.17. The largest absolute Gasteiger partial charge is 0.461 e. The van der Waals surface area contributed by atoms with Crippen LogP contribution in [0.15, 0.2) is 35.9 Å². The molecule has 1 heterocycles. The number of nitrogens with two attached hydrogens (primary N) is 1. The first-order valence-corrected chi connectivity index (χ1v) is 7.71. The number of anilines is 1. The number of hydrogen-bond donors (Lipinski definition) is 1. The molecule has 0 aliphatic rings.